The standard InChI is InChI=1S/C33H39FN2O7/c1-42-27-13-20(17-38)12-24-29-25(33(41)35-8-9-37)15-26(30(40)32(29)43-31(24)27)36(16-18-3-6-23(34)7-4-18)28(39)14-22-11-19-2-5-21(22)10-19/h3-4,6-7,12-13,15,19,21-22,26,29-30,32,37-38,40H,2,5,8-11,14,16-17H2,1H3,(H,35,41). The van der Waals surface area contributed by atoms with Crippen molar-refractivity contribution in [3.8, 4) is 11.5 Å². The van der Waals surface area contributed by atoms with E-state index in [4.69, 9.17) is 9.47 Å². The molecule has 2 fully saturated rings. The monoisotopic (exact) mass is 594 g/mol. The summed E-state index contributed by atoms with van der Waals surface area (Å²) in [5, 5.41) is 33.9. The van der Waals surface area contributed by atoms with E-state index >= 15 is 0 Å². The van der Waals surface area contributed by atoms with E-state index in [2.05, 4.69) is 5.32 Å². The van der Waals surface area contributed by atoms with Gasteiger partial charge in [-0.2, -0.15) is 0 Å². The number of hydrogen-bond donors (Lipinski definition) is 4. The smallest absolute Gasteiger partial charge is 0.247 e. The molecule has 0 saturated heterocycles. The number of rotatable bonds is 10. The summed E-state index contributed by atoms with van der Waals surface area (Å²) in [6.45, 7) is -0.374. The molecule has 2 aromatic carbocycles. The second kappa shape index (κ2) is 12.3. The minimum absolute atomic E-state index is 0.0248. The van der Waals surface area contributed by atoms with Gasteiger partial charge in [0, 0.05) is 30.6 Å². The van der Waals surface area contributed by atoms with Crippen LogP contribution in [-0.4, -0.2) is 70.5 Å². The van der Waals surface area contributed by atoms with Gasteiger partial charge in [-0.15, -0.1) is 0 Å². The molecule has 4 aliphatic rings. The minimum Gasteiger partial charge on any atom is -0.493 e. The topological polar surface area (TPSA) is 129 Å². The molecule has 7 unspecified atom stereocenters. The third-order valence-corrected chi connectivity index (χ3v) is 9.76. The van der Waals surface area contributed by atoms with Crippen LogP contribution in [0.4, 0.5) is 4.39 Å². The Morgan fingerprint density at radius 1 is 1.12 bits per heavy atom. The van der Waals surface area contributed by atoms with Gasteiger partial charge in [0.25, 0.3) is 0 Å². The van der Waals surface area contributed by atoms with Gasteiger partial charge in [0.2, 0.25) is 11.8 Å². The molecule has 7 atom stereocenters. The molecule has 2 saturated carbocycles. The van der Waals surface area contributed by atoms with E-state index in [0.29, 0.717) is 52.0 Å². The number of nitrogens with one attached hydrogen (secondary N) is 1. The van der Waals surface area contributed by atoms with E-state index in [1.807, 2.05) is 0 Å². The Labute approximate surface area is 250 Å². The number of aliphatic hydroxyl groups is 3. The first kappa shape index (κ1) is 29.6. The Balaban J connectivity index is 1.39. The van der Waals surface area contributed by atoms with E-state index < -0.39 is 30.1 Å². The maximum absolute atomic E-state index is 14.1. The number of nitrogens with zero attached hydrogens (tertiary/aromatic N) is 1. The lowest BCUT2D eigenvalue weighted by atomic mass is 9.77. The van der Waals surface area contributed by atoms with Crippen LogP contribution in [0.15, 0.2) is 48.0 Å². The van der Waals surface area contributed by atoms with Crippen molar-refractivity contribution < 1.29 is 38.8 Å². The van der Waals surface area contributed by atoms with Gasteiger partial charge in [0.1, 0.15) is 18.0 Å². The van der Waals surface area contributed by atoms with Gasteiger partial charge in [-0.05, 0) is 78.5 Å². The molecule has 2 aromatic rings. The summed E-state index contributed by atoms with van der Waals surface area (Å²) in [7, 11) is 1.48. The number of benzene rings is 2. The third-order valence-electron chi connectivity index (χ3n) is 9.76. The Morgan fingerprint density at radius 3 is 2.56 bits per heavy atom. The van der Waals surface area contributed by atoms with Gasteiger partial charge < -0.3 is 35.0 Å². The van der Waals surface area contributed by atoms with Crippen LogP contribution in [0.3, 0.4) is 0 Å². The predicted molar refractivity (Wildman–Crippen MR) is 155 cm³/mol. The number of aliphatic hydroxyl groups excluding tert-OH is 3. The molecule has 6 rings (SSSR count). The van der Waals surface area contributed by atoms with E-state index in [0.717, 1.165) is 19.3 Å². The van der Waals surface area contributed by atoms with Crippen molar-refractivity contribution >= 4 is 11.8 Å². The molecule has 10 heteroatoms. The number of carbonyl (C=O) groups excluding carboxylic acids is 2. The first-order valence-electron chi connectivity index (χ1n) is 15.1. The van der Waals surface area contributed by atoms with E-state index in [9.17, 15) is 29.3 Å². The van der Waals surface area contributed by atoms with Crippen molar-refractivity contribution in [3.05, 3.63) is 70.6 Å². The Bertz CT molecular complexity index is 1400. The van der Waals surface area contributed by atoms with Gasteiger partial charge in [0.15, 0.2) is 11.5 Å². The highest BCUT2D eigenvalue weighted by molar-refractivity contribution is 5.96. The molecule has 0 radical (unpaired) electrons. The van der Waals surface area contributed by atoms with Crippen molar-refractivity contribution in [1.82, 2.24) is 10.2 Å². The molecule has 2 amide bonds. The van der Waals surface area contributed by atoms with Gasteiger partial charge in [0.05, 0.1) is 32.3 Å². The summed E-state index contributed by atoms with van der Waals surface area (Å²) in [4.78, 5) is 29.3. The summed E-state index contributed by atoms with van der Waals surface area (Å²) in [6.07, 6.45) is 4.38. The van der Waals surface area contributed by atoms with Gasteiger partial charge in [-0.1, -0.05) is 18.6 Å². The second-order valence-corrected chi connectivity index (χ2v) is 12.3. The largest absolute Gasteiger partial charge is 0.493 e. The molecule has 9 nitrogen and oxygen atoms in total. The summed E-state index contributed by atoms with van der Waals surface area (Å²) in [5.74, 6) is 0.533. The normalized spacial score (nSPS) is 28.5. The second-order valence-electron chi connectivity index (χ2n) is 12.3. The fraction of sp³-hybridized carbons (Fsp3) is 0.515. The average Bonchev–Trinajstić information content (AvgIpc) is 3.74. The SMILES string of the molecule is COc1cc(CO)cc2c1OC1C2C(C(=O)NCCO)=CC(N(Cc2ccc(F)cc2)C(=O)CC2CC3CCC2C3)C1O. The van der Waals surface area contributed by atoms with Crippen molar-refractivity contribution in [3.63, 3.8) is 0 Å². The minimum atomic E-state index is -1.21. The van der Waals surface area contributed by atoms with Gasteiger partial charge in [-0.3, -0.25) is 9.59 Å². The highest BCUT2D eigenvalue weighted by Crippen LogP contribution is 2.52. The summed E-state index contributed by atoms with van der Waals surface area (Å²) < 4.78 is 25.6. The van der Waals surface area contributed by atoms with Crippen LogP contribution in [0.1, 0.15) is 54.7 Å². The molecule has 0 spiro atoms. The molecule has 1 heterocycles. The molecular formula is C33H39FN2O7. The average molecular weight is 595 g/mol. The van der Waals surface area contributed by atoms with Crippen LogP contribution < -0.4 is 14.8 Å². The number of ether oxygens (including phenoxy) is 2. The van der Waals surface area contributed by atoms with Crippen LogP contribution in [-0.2, 0) is 22.7 Å². The summed E-state index contributed by atoms with van der Waals surface area (Å²) >= 11 is 0. The predicted octanol–water partition coefficient (Wildman–Crippen LogP) is 2.80. The Hall–Kier alpha value is -3.47. The quantitative estimate of drug-likeness (QED) is 0.333. The van der Waals surface area contributed by atoms with Crippen LogP contribution in [0, 0.1) is 23.6 Å². The first-order valence-corrected chi connectivity index (χ1v) is 15.1. The molecule has 43 heavy (non-hydrogen) atoms. The zero-order chi connectivity index (χ0) is 30.2. The molecule has 1 aliphatic heterocycles. The van der Waals surface area contributed by atoms with Crippen molar-refractivity contribution in [1.29, 1.82) is 0 Å². The summed E-state index contributed by atoms with van der Waals surface area (Å²) in [5.41, 5.74) is 2.14. The number of methoxy groups -OCH3 is 1. The van der Waals surface area contributed by atoms with Gasteiger partial charge >= 0.3 is 0 Å². The molecule has 2 bridgehead atoms. The third kappa shape index (κ3) is 5.63. The number of fused-ring (bicyclic) bond motifs is 5. The summed E-state index contributed by atoms with van der Waals surface area (Å²) in [6, 6.07) is 8.39. The Morgan fingerprint density at radius 2 is 1.91 bits per heavy atom. The molecule has 0 aromatic heterocycles. The van der Waals surface area contributed by atoms with Gasteiger partial charge in [-0.25, -0.2) is 4.39 Å². The molecular weight excluding hydrogens is 555 g/mol. The maximum atomic E-state index is 14.1. The maximum Gasteiger partial charge on any atom is 0.247 e. The first-order chi connectivity index (χ1) is 20.8. The molecule has 4 N–H and O–H groups in total. The van der Waals surface area contributed by atoms with Crippen LogP contribution >= 0.6 is 0 Å². The fourth-order valence-corrected chi connectivity index (χ4v) is 7.73. The zero-order valence-corrected chi connectivity index (χ0v) is 24.2. The molecule has 230 valence electrons. The lowest BCUT2D eigenvalue weighted by Crippen LogP contribution is -2.55. The van der Waals surface area contributed by atoms with E-state index in [1.165, 1.54) is 25.7 Å². The number of amides is 2. The van der Waals surface area contributed by atoms with Crippen molar-refractivity contribution in [2.45, 2.75) is 69.4 Å². The van der Waals surface area contributed by atoms with E-state index in [-0.39, 0.29) is 43.9 Å². The number of carbonyl (C=O) groups is 2. The van der Waals surface area contributed by atoms with Crippen LogP contribution in [0.2, 0.25) is 0 Å². The molecule has 3 aliphatic carbocycles. The number of halogens is 1. The fourth-order valence-electron chi connectivity index (χ4n) is 7.73. The van der Waals surface area contributed by atoms with Crippen molar-refractivity contribution in [2.24, 2.45) is 17.8 Å². The van der Waals surface area contributed by atoms with Crippen molar-refractivity contribution in [2.75, 3.05) is 20.3 Å². The van der Waals surface area contributed by atoms with E-state index in [1.54, 1.807) is 35.2 Å². The van der Waals surface area contributed by atoms with Crippen LogP contribution in [0.5, 0.6) is 11.5 Å². The lowest BCUT2D eigenvalue weighted by Gasteiger charge is -2.41. The Kier molecular flexibility index (Phi) is 8.44. The number of hydrogen-bond acceptors (Lipinski definition) is 7. The highest BCUT2D eigenvalue weighted by Gasteiger charge is 2.52. The zero-order valence-electron chi connectivity index (χ0n) is 24.2. The lowest BCUT2D eigenvalue weighted by molar-refractivity contribution is -0.139. The highest BCUT2D eigenvalue weighted by atomic mass is 19.1. The van der Waals surface area contributed by atoms with Crippen LogP contribution in [0.25, 0.3) is 0 Å².